The molecule has 0 radical (unpaired) electrons. The second-order valence-electron chi connectivity index (χ2n) is 2.58. The maximum atomic E-state index is 11.3. The van der Waals surface area contributed by atoms with Crippen molar-refractivity contribution in [3.8, 4) is 0 Å². The number of carbonyl (C=O) groups is 1. The average Bonchev–Trinajstić information content (AvgIpc) is 2.14. The third-order valence-electron chi connectivity index (χ3n) is 1.25. The van der Waals surface area contributed by atoms with Crippen molar-refractivity contribution in [1.29, 1.82) is 0 Å². The minimum atomic E-state index is -3.29. The van der Waals surface area contributed by atoms with Crippen molar-refractivity contribution >= 4 is 41.7 Å². The summed E-state index contributed by atoms with van der Waals surface area (Å²) in [6.45, 7) is 0. The molecule has 1 rings (SSSR count). The molecular formula is C7H7BrN2O3S2. The molecule has 0 unspecified atom stereocenters. The molecule has 0 spiro atoms. The average molecular weight is 314 g/mol. The highest BCUT2D eigenvalue weighted by atomic mass is 79.9. The van der Waals surface area contributed by atoms with E-state index in [0.717, 1.165) is 10.7 Å². The summed E-state index contributed by atoms with van der Waals surface area (Å²) in [5.41, 5.74) is 0.161. The molecule has 5 nitrogen and oxygen atoms in total. The van der Waals surface area contributed by atoms with Crippen molar-refractivity contribution in [2.45, 2.75) is 0 Å². The minimum Gasteiger partial charge on any atom is -0.282 e. The molecule has 15 heavy (non-hydrogen) atoms. The Hall–Kier alpha value is -0.600. The van der Waals surface area contributed by atoms with Gasteiger partial charge in [-0.15, -0.1) is 0 Å². The molecule has 1 heterocycles. The summed E-state index contributed by atoms with van der Waals surface area (Å²) in [5.74, 6) is -0.544. The first kappa shape index (κ1) is 12.5. The quantitative estimate of drug-likeness (QED) is 0.670. The lowest BCUT2D eigenvalue weighted by Gasteiger charge is -2.01. The first-order valence-electron chi connectivity index (χ1n) is 3.69. The molecule has 0 saturated heterocycles. The highest BCUT2D eigenvalue weighted by Crippen LogP contribution is 2.09. The zero-order valence-electron chi connectivity index (χ0n) is 7.60. The van der Waals surface area contributed by atoms with Gasteiger partial charge in [0.2, 0.25) is 8.87 Å². The zero-order chi connectivity index (χ0) is 11.5. The molecule has 82 valence electrons. The van der Waals surface area contributed by atoms with E-state index in [1.54, 1.807) is 6.07 Å². The Balaban J connectivity index is 2.66. The third kappa shape index (κ3) is 4.63. The van der Waals surface area contributed by atoms with E-state index in [-0.39, 0.29) is 5.69 Å². The zero-order valence-corrected chi connectivity index (χ0v) is 10.8. The fraction of sp³-hybridized carbons (Fsp3) is 0.143. The summed E-state index contributed by atoms with van der Waals surface area (Å²) in [7, 11) is -2.93. The van der Waals surface area contributed by atoms with Gasteiger partial charge in [0.1, 0.15) is 5.69 Å². The van der Waals surface area contributed by atoms with Crippen LogP contribution in [0.2, 0.25) is 0 Å². The number of hydrogen-bond acceptors (Lipinski definition) is 5. The Morgan fingerprint density at radius 2 is 2.20 bits per heavy atom. The molecule has 1 aromatic rings. The molecule has 0 bridgehead atoms. The molecule has 0 aliphatic rings. The summed E-state index contributed by atoms with van der Waals surface area (Å²) >= 11 is 3.17. The van der Waals surface area contributed by atoms with E-state index in [1.807, 2.05) is 0 Å². The fourth-order valence-electron chi connectivity index (χ4n) is 0.676. The van der Waals surface area contributed by atoms with E-state index in [2.05, 4.69) is 25.6 Å². The number of pyridine rings is 1. The molecule has 0 aromatic carbocycles. The number of hydrogen-bond donors (Lipinski definition) is 1. The van der Waals surface area contributed by atoms with Gasteiger partial charge in [-0.05, 0) is 28.1 Å². The fourth-order valence-corrected chi connectivity index (χ4v) is 1.92. The van der Waals surface area contributed by atoms with Crippen LogP contribution in [-0.2, 0) is 8.87 Å². The second kappa shape index (κ2) is 4.95. The summed E-state index contributed by atoms with van der Waals surface area (Å²) in [6.07, 6.45) is 2.47. The molecule has 0 saturated carbocycles. The van der Waals surface area contributed by atoms with E-state index < -0.39 is 14.8 Å². The lowest BCUT2D eigenvalue weighted by Crippen LogP contribution is -2.19. The summed E-state index contributed by atoms with van der Waals surface area (Å²) in [4.78, 5) is 15.1. The Morgan fingerprint density at radius 3 is 2.67 bits per heavy atom. The van der Waals surface area contributed by atoms with E-state index in [4.69, 9.17) is 0 Å². The van der Waals surface area contributed by atoms with Crippen LogP contribution in [0, 0.1) is 0 Å². The van der Waals surface area contributed by atoms with Crippen molar-refractivity contribution in [3.05, 3.63) is 28.5 Å². The van der Waals surface area contributed by atoms with E-state index in [1.165, 1.54) is 12.3 Å². The van der Waals surface area contributed by atoms with Crippen molar-refractivity contribution in [2.75, 3.05) is 6.26 Å². The molecule has 1 aromatic heterocycles. The molecule has 1 amide bonds. The third-order valence-corrected chi connectivity index (χ3v) is 3.44. The van der Waals surface area contributed by atoms with Gasteiger partial charge in [0, 0.05) is 10.7 Å². The van der Waals surface area contributed by atoms with Crippen LogP contribution in [0.5, 0.6) is 0 Å². The van der Waals surface area contributed by atoms with Crippen LogP contribution in [0.25, 0.3) is 0 Å². The maximum absolute atomic E-state index is 11.3. The van der Waals surface area contributed by atoms with Crippen LogP contribution in [0.3, 0.4) is 0 Å². The summed E-state index contributed by atoms with van der Waals surface area (Å²) in [6, 6.07) is 3.13. The van der Waals surface area contributed by atoms with Crippen molar-refractivity contribution in [1.82, 2.24) is 9.71 Å². The van der Waals surface area contributed by atoms with E-state index >= 15 is 0 Å². The molecule has 1 N–H and O–H groups in total. The van der Waals surface area contributed by atoms with Gasteiger partial charge >= 0.3 is 0 Å². The predicted octanol–water partition coefficient (Wildman–Crippen LogP) is 1.18. The van der Waals surface area contributed by atoms with Gasteiger partial charge in [-0.25, -0.2) is 13.4 Å². The van der Waals surface area contributed by atoms with Crippen LogP contribution < -0.4 is 4.72 Å². The molecule has 8 heteroatoms. The summed E-state index contributed by atoms with van der Waals surface area (Å²) < 4.78 is 24.4. The minimum absolute atomic E-state index is 0.161. The van der Waals surface area contributed by atoms with Gasteiger partial charge in [-0.1, -0.05) is 0 Å². The number of halogens is 1. The topological polar surface area (TPSA) is 76.1 Å². The van der Waals surface area contributed by atoms with E-state index in [9.17, 15) is 13.2 Å². The monoisotopic (exact) mass is 313 g/mol. The number of amides is 1. The number of carbonyl (C=O) groups excluding carboxylic acids is 1. The molecular weight excluding hydrogens is 307 g/mol. The van der Waals surface area contributed by atoms with E-state index in [0.29, 0.717) is 11.0 Å². The van der Waals surface area contributed by atoms with Gasteiger partial charge in [-0.3, -0.25) is 9.52 Å². The summed E-state index contributed by atoms with van der Waals surface area (Å²) in [5, 5.41) is 0. The van der Waals surface area contributed by atoms with Crippen LogP contribution in [0.4, 0.5) is 0 Å². The number of nitrogens with zero attached hydrogens (tertiary/aromatic N) is 1. The van der Waals surface area contributed by atoms with Crippen LogP contribution in [-0.4, -0.2) is 25.6 Å². The lowest BCUT2D eigenvalue weighted by atomic mass is 10.3. The van der Waals surface area contributed by atoms with Gasteiger partial charge in [0.15, 0.2) is 0 Å². The van der Waals surface area contributed by atoms with Gasteiger partial charge in [0.05, 0.1) is 17.2 Å². The number of aromatic nitrogens is 1. The Kier molecular flexibility index (Phi) is 4.12. The Bertz CT molecular complexity index is 458. The van der Waals surface area contributed by atoms with Gasteiger partial charge in [-0.2, -0.15) is 0 Å². The van der Waals surface area contributed by atoms with Gasteiger partial charge in [0.25, 0.3) is 5.91 Å². The van der Waals surface area contributed by atoms with Crippen LogP contribution >= 0.6 is 26.9 Å². The highest BCUT2D eigenvalue weighted by molar-refractivity contribution is 9.10. The second-order valence-corrected chi connectivity index (χ2v) is 7.59. The van der Waals surface area contributed by atoms with Crippen LogP contribution in [0.1, 0.15) is 10.5 Å². The highest BCUT2D eigenvalue weighted by Gasteiger charge is 2.10. The molecule has 0 aliphatic carbocycles. The standard InChI is InChI=1S/C7H7BrN2O3S2/c1-15(12,13)14-10-7(11)6-3-2-5(8)4-9-6/h2-4H,1H3,(H,10,11)/i14+3. The van der Waals surface area contributed by atoms with Gasteiger partial charge < -0.3 is 0 Å². The first-order chi connectivity index (χ1) is 6.88. The first-order valence-corrected chi connectivity index (χ1v) is 7.70. The molecule has 0 atom stereocenters. The largest absolute Gasteiger partial charge is 0.282 e. The smallest absolute Gasteiger partial charge is 0.280 e. The normalized spacial score (nSPS) is 11.1. The number of nitrogens with one attached hydrogen (secondary N) is 1. The van der Waals surface area contributed by atoms with Crippen molar-refractivity contribution in [3.63, 3.8) is 0 Å². The maximum Gasteiger partial charge on any atom is 0.280 e. The number of rotatable bonds is 3. The SMILES string of the molecule is CS(=O)(=O)[35S]NC(=O)c1ccc(Br)cn1. The Labute approximate surface area is 99.2 Å². The predicted molar refractivity (Wildman–Crippen MR) is 61.8 cm³/mol. The van der Waals surface area contributed by atoms with Crippen LogP contribution in [0.15, 0.2) is 22.8 Å². The van der Waals surface area contributed by atoms with Crippen molar-refractivity contribution in [2.24, 2.45) is 0 Å². The Morgan fingerprint density at radius 1 is 1.53 bits per heavy atom. The molecule has 0 aliphatic heterocycles. The molecule has 0 fully saturated rings. The lowest BCUT2D eigenvalue weighted by molar-refractivity contribution is 0.0980. The van der Waals surface area contributed by atoms with Crippen molar-refractivity contribution < 1.29 is 13.2 Å².